The average molecular weight is 154 g/mol. The van der Waals surface area contributed by atoms with Crippen LogP contribution in [0.4, 0.5) is 0 Å². The Labute approximate surface area is 66.7 Å². The van der Waals surface area contributed by atoms with E-state index in [1.54, 1.807) is 0 Å². The van der Waals surface area contributed by atoms with Crippen LogP contribution in [0.1, 0.15) is 18.5 Å². The fourth-order valence-corrected chi connectivity index (χ4v) is 1.30. The third-order valence-electron chi connectivity index (χ3n) is 1.45. The zero-order valence-electron chi connectivity index (χ0n) is 5.96. The standard InChI is InChI=1S/C8H11NS/c1-6(9)7-4-2-3-5-8(7)10/h2-6,10H,9H2,1H3/p+1. The molecule has 0 bridgehead atoms. The van der Waals surface area contributed by atoms with E-state index < -0.39 is 0 Å². The molecule has 1 atom stereocenters. The van der Waals surface area contributed by atoms with Crippen LogP contribution in [-0.4, -0.2) is 0 Å². The molecular weight excluding hydrogens is 142 g/mol. The Hall–Kier alpha value is -0.470. The van der Waals surface area contributed by atoms with Crippen molar-refractivity contribution in [2.45, 2.75) is 17.9 Å². The van der Waals surface area contributed by atoms with Crippen LogP contribution in [0.15, 0.2) is 29.2 Å². The molecule has 0 radical (unpaired) electrons. The van der Waals surface area contributed by atoms with Gasteiger partial charge in [0.2, 0.25) is 0 Å². The Balaban J connectivity index is 3.03. The van der Waals surface area contributed by atoms with Crippen molar-refractivity contribution >= 4 is 12.6 Å². The molecule has 2 heteroatoms. The van der Waals surface area contributed by atoms with Gasteiger partial charge in [-0.05, 0) is 25.6 Å². The highest BCUT2D eigenvalue weighted by atomic mass is 32.1. The number of rotatable bonds is 1. The minimum absolute atomic E-state index is 0.105. The number of hydrogen-bond donors (Lipinski definition) is 1. The third kappa shape index (κ3) is 1.52. The molecule has 1 rings (SSSR count). The fraction of sp³-hybridized carbons (Fsp3) is 0.250. The van der Waals surface area contributed by atoms with E-state index >= 15 is 0 Å². The Kier molecular flexibility index (Phi) is 2.35. The van der Waals surface area contributed by atoms with E-state index in [0.717, 1.165) is 10.5 Å². The molecule has 10 heavy (non-hydrogen) atoms. The highest BCUT2D eigenvalue weighted by molar-refractivity contribution is 7.58. The zero-order chi connectivity index (χ0) is 7.56. The van der Waals surface area contributed by atoms with Crippen LogP contribution in [0, 0.1) is 0 Å². The molecule has 0 amide bonds. The number of nitrogens with two attached hydrogens (primary N) is 1. The summed E-state index contributed by atoms with van der Waals surface area (Å²) in [4.78, 5) is 1.08. The zero-order valence-corrected chi connectivity index (χ0v) is 6.96. The third-order valence-corrected chi connectivity index (χ3v) is 1.91. The van der Waals surface area contributed by atoms with Crippen molar-refractivity contribution < 1.29 is 0 Å². The molecule has 0 spiro atoms. The van der Waals surface area contributed by atoms with Gasteiger partial charge in [-0.15, -0.1) is 0 Å². The highest BCUT2D eigenvalue weighted by Gasteiger charge is 2.05. The van der Waals surface area contributed by atoms with Gasteiger partial charge >= 0.3 is 0 Å². The molecule has 0 aliphatic rings. The van der Waals surface area contributed by atoms with Crippen molar-refractivity contribution in [1.29, 1.82) is 0 Å². The van der Waals surface area contributed by atoms with E-state index in [1.807, 2.05) is 31.2 Å². The Morgan fingerprint density at radius 1 is 1.40 bits per heavy atom. The Bertz CT molecular complexity index is 220. The lowest BCUT2D eigenvalue weighted by Gasteiger charge is -2.03. The molecule has 2 N–H and O–H groups in total. The molecule has 0 aromatic heterocycles. The molecule has 0 aliphatic carbocycles. The van der Waals surface area contributed by atoms with Crippen LogP contribution in [0.2, 0.25) is 0 Å². The maximum atomic E-state index is 5.68. The minimum Gasteiger partial charge on any atom is -0.324 e. The maximum absolute atomic E-state index is 5.68. The summed E-state index contributed by atoms with van der Waals surface area (Å²) in [5.74, 6) is 0. The monoisotopic (exact) mass is 154 g/mol. The second kappa shape index (κ2) is 3.08. The van der Waals surface area contributed by atoms with E-state index in [0.29, 0.717) is 0 Å². The van der Waals surface area contributed by atoms with Crippen LogP contribution in [-0.2, 0) is 12.6 Å². The van der Waals surface area contributed by atoms with Gasteiger partial charge in [0.15, 0.2) is 4.90 Å². The topological polar surface area (TPSA) is 26.0 Å². The van der Waals surface area contributed by atoms with Crippen molar-refractivity contribution in [2.24, 2.45) is 5.73 Å². The molecular formula is C8H12NS+. The highest BCUT2D eigenvalue weighted by Crippen LogP contribution is 2.13. The summed E-state index contributed by atoms with van der Waals surface area (Å²) in [5, 5.41) is 0. The summed E-state index contributed by atoms with van der Waals surface area (Å²) < 4.78 is 0. The predicted octanol–water partition coefficient (Wildman–Crippen LogP) is 1.08. The van der Waals surface area contributed by atoms with Gasteiger partial charge in [-0.1, -0.05) is 18.2 Å². The maximum Gasteiger partial charge on any atom is 0.155 e. The second-order valence-corrected chi connectivity index (χ2v) is 2.91. The normalized spacial score (nSPS) is 13.1. The molecule has 0 saturated carbocycles. The molecule has 1 unspecified atom stereocenters. The SMILES string of the molecule is CC(N)c1ccccc1[SH2+]. The average Bonchev–Trinajstić information content (AvgIpc) is 1.88. The van der Waals surface area contributed by atoms with E-state index in [9.17, 15) is 0 Å². The van der Waals surface area contributed by atoms with Gasteiger partial charge in [0.05, 0.1) is 0 Å². The largest absolute Gasteiger partial charge is 0.324 e. The Morgan fingerprint density at radius 2 is 2.00 bits per heavy atom. The lowest BCUT2D eigenvalue weighted by Crippen LogP contribution is -2.05. The molecule has 0 fully saturated rings. The number of hydrogen-bond acceptors (Lipinski definition) is 1. The summed E-state index contributed by atoms with van der Waals surface area (Å²) in [5.41, 5.74) is 6.84. The molecule has 0 saturated heterocycles. The molecule has 0 aliphatic heterocycles. The first-order valence-corrected chi connectivity index (χ1v) is 3.78. The van der Waals surface area contributed by atoms with E-state index in [2.05, 4.69) is 12.6 Å². The van der Waals surface area contributed by atoms with Gasteiger partial charge in [-0.25, -0.2) is 0 Å². The van der Waals surface area contributed by atoms with Crippen LogP contribution in [0.25, 0.3) is 0 Å². The summed E-state index contributed by atoms with van der Waals surface area (Å²) in [6.45, 7) is 1.97. The molecule has 54 valence electrons. The van der Waals surface area contributed by atoms with Crippen molar-refractivity contribution in [2.75, 3.05) is 0 Å². The van der Waals surface area contributed by atoms with Gasteiger partial charge < -0.3 is 5.73 Å². The van der Waals surface area contributed by atoms with Gasteiger partial charge in [-0.3, -0.25) is 0 Å². The first-order valence-electron chi connectivity index (χ1n) is 3.28. The van der Waals surface area contributed by atoms with Crippen molar-refractivity contribution in [3.63, 3.8) is 0 Å². The predicted molar refractivity (Wildman–Crippen MR) is 47.5 cm³/mol. The lowest BCUT2D eigenvalue weighted by atomic mass is 10.1. The Morgan fingerprint density at radius 3 is 2.40 bits per heavy atom. The van der Waals surface area contributed by atoms with E-state index in [1.165, 1.54) is 0 Å². The molecule has 1 aromatic carbocycles. The second-order valence-electron chi connectivity index (χ2n) is 2.38. The van der Waals surface area contributed by atoms with Gasteiger partial charge in [0.1, 0.15) is 0 Å². The molecule has 1 aromatic rings. The van der Waals surface area contributed by atoms with Crippen LogP contribution in [0.5, 0.6) is 0 Å². The fourth-order valence-electron chi connectivity index (χ4n) is 0.894. The minimum atomic E-state index is 0.105. The summed E-state index contributed by atoms with van der Waals surface area (Å²) in [6, 6.07) is 8.09. The van der Waals surface area contributed by atoms with Crippen molar-refractivity contribution in [3.05, 3.63) is 29.8 Å². The van der Waals surface area contributed by atoms with Crippen molar-refractivity contribution in [1.82, 2.24) is 0 Å². The number of benzene rings is 1. The van der Waals surface area contributed by atoms with Crippen LogP contribution >= 0.6 is 0 Å². The lowest BCUT2D eigenvalue weighted by molar-refractivity contribution is 0.798. The first kappa shape index (κ1) is 7.63. The van der Waals surface area contributed by atoms with E-state index in [-0.39, 0.29) is 6.04 Å². The molecule has 0 heterocycles. The summed E-state index contributed by atoms with van der Waals surface area (Å²) in [6.07, 6.45) is 0. The van der Waals surface area contributed by atoms with Gasteiger partial charge in [-0.2, -0.15) is 0 Å². The van der Waals surface area contributed by atoms with Crippen LogP contribution in [0.3, 0.4) is 0 Å². The molecule has 1 nitrogen and oxygen atoms in total. The van der Waals surface area contributed by atoms with Gasteiger partial charge in [0.25, 0.3) is 0 Å². The van der Waals surface area contributed by atoms with Crippen molar-refractivity contribution in [3.8, 4) is 0 Å². The quantitative estimate of drug-likeness (QED) is 0.602. The van der Waals surface area contributed by atoms with E-state index in [4.69, 9.17) is 5.73 Å². The van der Waals surface area contributed by atoms with Crippen LogP contribution < -0.4 is 5.73 Å². The van der Waals surface area contributed by atoms with Gasteiger partial charge in [0, 0.05) is 11.6 Å². The summed E-state index contributed by atoms with van der Waals surface area (Å²) >= 11 is 3.47. The first-order chi connectivity index (χ1) is 4.72. The summed E-state index contributed by atoms with van der Waals surface area (Å²) in [7, 11) is 0. The smallest absolute Gasteiger partial charge is 0.155 e.